The van der Waals surface area contributed by atoms with Crippen LogP contribution in [0.1, 0.15) is 4.88 Å². The van der Waals surface area contributed by atoms with E-state index in [0.717, 1.165) is 18.9 Å². The van der Waals surface area contributed by atoms with Gasteiger partial charge in [0.15, 0.2) is 0 Å². The summed E-state index contributed by atoms with van der Waals surface area (Å²) in [5.74, 6) is 0.893. The van der Waals surface area contributed by atoms with E-state index < -0.39 is 0 Å². The first kappa shape index (κ1) is 10.2. The quantitative estimate of drug-likeness (QED) is 0.862. The van der Waals surface area contributed by atoms with Crippen molar-refractivity contribution in [3.8, 4) is 5.75 Å². The fraction of sp³-hybridized carbons (Fsp3) is 0.200. The number of rotatable bonds is 2. The van der Waals surface area contributed by atoms with Gasteiger partial charge in [0.2, 0.25) is 0 Å². The first-order valence-electron chi connectivity index (χ1n) is 4.11. The molecule has 4 heteroatoms. The second-order valence-electron chi connectivity index (χ2n) is 2.90. The van der Waals surface area contributed by atoms with Crippen molar-refractivity contribution < 1.29 is 9.84 Å². The molecule has 2 nitrogen and oxygen atoms in total. The van der Waals surface area contributed by atoms with Crippen LogP contribution in [-0.2, 0) is 6.61 Å². The number of benzene rings is 1. The highest BCUT2D eigenvalue weighted by Crippen LogP contribution is 2.32. The molecule has 1 aromatic heterocycles. The lowest BCUT2D eigenvalue weighted by Gasteiger charge is -2.01. The second-order valence-corrected chi connectivity index (χ2v) is 5.23. The van der Waals surface area contributed by atoms with Crippen LogP contribution >= 0.6 is 33.9 Å². The summed E-state index contributed by atoms with van der Waals surface area (Å²) in [6.45, 7) is 0.109. The zero-order chi connectivity index (χ0) is 10.1. The lowest BCUT2D eigenvalue weighted by Crippen LogP contribution is -1.85. The molecule has 0 bridgehead atoms. The highest BCUT2D eigenvalue weighted by Gasteiger charge is 2.06. The van der Waals surface area contributed by atoms with Crippen LogP contribution < -0.4 is 4.74 Å². The molecule has 1 N–H and O–H groups in total. The van der Waals surface area contributed by atoms with Gasteiger partial charge in [0.1, 0.15) is 5.75 Å². The third kappa shape index (κ3) is 1.74. The van der Waals surface area contributed by atoms with E-state index in [-0.39, 0.29) is 6.61 Å². The van der Waals surface area contributed by atoms with Crippen LogP contribution in [0.5, 0.6) is 5.75 Å². The Bertz CT molecular complexity index is 464. The van der Waals surface area contributed by atoms with Crippen LogP contribution in [0.25, 0.3) is 10.1 Å². The molecular weight excluding hydrogens is 311 g/mol. The van der Waals surface area contributed by atoms with Crippen molar-refractivity contribution in [2.75, 3.05) is 7.11 Å². The Morgan fingerprint density at radius 2 is 2.21 bits per heavy atom. The predicted molar refractivity (Wildman–Crippen MR) is 67.0 cm³/mol. The molecule has 2 aromatic rings. The van der Waals surface area contributed by atoms with Crippen LogP contribution in [0, 0.1) is 3.57 Å². The van der Waals surface area contributed by atoms with Crippen molar-refractivity contribution in [1.29, 1.82) is 0 Å². The Balaban J connectivity index is 2.64. The normalized spacial score (nSPS) is 10.8. The molecule has 0 unspecified atom stereocenters. The van der Waals surface area contributed by atoms with Gasteiger partial charge >= 0.3 is 0 Å². The number of aliphatic hydroxyl groups is 1. The zero-order valence-corrected chi connectivity index (χ0v) is 10.6. The zero-order valence-electron chi connectivity index (χ0n) is 7.58. The Kier molecular flexibility index (Phi) is 2.94. The van der Waals surface area contributed by atoms with E-state index in [9.17, 15) is 0 Å². The number of ether oxygens (including phenoxy) is 1. The van der Waals surface area contributed by atoms with Gasteiger partial charge in [0, 0.05) is 9.58 Å². The SMILES string of the molecule is COc1cc2sc(CO)cc2cc1I. The van der Waals surface area contributed by atoms with Crippen molar-refractivity contribution in [2.24, 2.45) is 0 Å². The lowest BCUT2D eigenvalue weighted by atomic mass is 10.2. The number of thiophene rings is 1. The number of methoxy groups -OCH3 is 1. The summed E-state index contributed by atoms with van der Waals surface area (Å²) < 4.78 is 7.49. The molecular formula is C10H9IO2S. The number of fused-ring (bicyclic) bond motifs is 1. The fourth-order valence-corrected chi connectivity index (χ4v) is 2.98. The minimum absolute atomic E-state index is 0.109. The Morgan fingerprint density at radius 3 is 2.86 bits per heavy atom. The first-order valence-corrected chi connectivity index (χ1v) is 6.01. The van der Waals surface area contributed by atoms with E-state index in [2.05, 4.69) is 28.7 Å². The third-order valence-corrected chi connectivity index (χ3v) is 3.92. The summed E-state index contributed by atoms with van der Waals surface area (Å²) in [6, 6.07) is 6.10. The summed E-state index contributed by atoms with van der Waals surface area (Å²) in [6.07, 6.45) is 0. The van der Waals surface area contributed by atoms with Gasteiger partial charge in [-0.1, -0.05) is 0 Å². The first-order chi connectivity index (χ1) is 6.74. The molecule has 0 saturated carbocycles. The molecule has 0 atom stereocenters. The Labute approximate surface area is 99.7 Å². The molecule has 14 heavy (non-hydrogen) atoms. The van der Waals surface area contributed by atoms with Gasteiger partial charge in [0.05, 0.1) is 17.3 Å². The Hall–Kier alpha value is -0.330. The summed E-state index contributed by atoms with van der Waals surface area (Å²) in [7, 11) is 1.67. The van der Waals surface area contributed by atoms with E-state index in [4.69, 9.17) is 9.84 Å². The Morgan fingerprint density at radius 1 is 1.43 bits per heavy atom. The van der Waals surface area contributed by atoms with Crippen molar-refractivity contribution in [3.05, 3.63) is 26.6 Å². The summed E-state index contributed by atoms with van der Waals surface area (Å²) >= 11 is 3.85. The standard InChI is InChI=1S/C10H9IO2S/c1-13-9-4-10-6(3-8(9)11)2-7(5-12)14-10/h2-4,12H,5H2,1H3. The van der Waals surface area contributed by atoms with Gasteiger partial charge in [-0.25, -0.2) is 0 Å². The van der Waals surface area contributed by atoms with Crippen LogP contribution in [0.2, 0.25) is 0 Å². The second kappa shape index (κ2) is 4.04. The highest BCUT2D eigenvalue weighted by atomic mass is 127. The maximum absolute atomic E-state index is 9.01. The summed E-state index contributed by atoms with van der Waals surface area (Å²) in [4.78, 5) is 0.990. The monoisotopic (exact) mass is 320 g/mol. The molecule has 74 valence electrons. The number of hydrogen-bond donors (Lipinski definition) is 1. The average Bonchev–Trinajstić information content (AvgIpc) is 2.58. The number of halogens is 1. The van der Waals surface area contributed by atoms with E-state index in [1.165, 1.54) is 5.39 Å². The maximum atomic E-state index is 9.01. The minimum atomic E-state index is 0.109. The average molecular weight is 320 g/mol. The van der Waals surface area contributed by atoms with Crippen LogP contribution in [0.4, 0.5) is 0 Å². The highest BCUT2D eigenvalue weighted by molar-refractivity contribution is 14.1. The van der Waals surface area contributed by atoms with Crippen molar-refractivity contribution in [2.45, 2.75) is 6.61 Å². The molecule has 0 aliphatic heterocycles. The van der Waals surface area contributed by atoms with Crippen molar-refractivity contribution >= 4 is 44.0 Å². The summed E-state index contributed by atoms with van der Waals surface area (Å²) in [5.41, 5.74) is 0. The molecule has 0 saturated heterocycles. The predicted octanol–water partition coefficient (Wildman–Crippen LogP) is 3.01. The van der Waals surface area contributed by atoms with E-state index in [0.29, 0.717) is 0 Å². The molecule has 1 aromatic carbocycles. The van der Waals surface area contributed by atoms with Gasteiger partial charge in [-0.05, 0) is 46.2 Å². The van der Waals surface area contributed by atoms with Crippen molar-refractivity contribution in [3.63, 3.8) is 0 Å². The van der Waals surface area contributed by atoms with Gasteiger partial charge in [-0.3, -0.25) is 0 Å². The molecule has 2 rings (SSSR count). The number of aliphatic hydroxyl groups excluding tert-OH is 1. The van der Waals surface area contributed by atoms with Crippen molar-refractivity contribution in [1.82, 2.24) is 0 Å². The molecule has 0 radical (unpaired) electrons. The van der Waals surface area contributed by atoms with Crippen LogP contribution in [0.15, 0.2) is 18.2 Å². The minimum Gasteiger partial charge on any atom is -0.496 e. The van der Waals surface area contributed by atoms with E-state index in [1.807, 2.05) is 12.1 Å². The smallest absolute Gasteiger partial charge is 0.133 e. The third-order valence-electron chi connectivity index (χ3n) is 2.00. The van der Waals surface area contributed by atoms with Crippen LogP contribution in [0.3, 0.4) is 0 Å². The molecule has 0 fully saturated rings. The molecule has 0 aliphatic rings. The van der Waals surface area contributed by atoms with Gasteiger partial charge < -0.3 is 9.84 Å². The number of hydrogen-bond acceptors (Lipinski definition) is 3. The summed E-state index contributed by atoms with van der Waals surface area (Å²) in [5, 5.41) is 10.2. The molecule has 0 amide bonds. The molecule has 1 heterocycles. The fourth-order valence-electron chi connectivity index (χ4n) is 1.33. The lowest BCUT2D eigenvalue weighted by molar-refractivity contribution is 0.285. The molecule has 0 aliphatic carbocycles. The maximum Gasteiger partial charge on any atom is 0.133 e. The van der Waals surface area contributed by atoms with E-state index >= 15 is 0 Å². The van der Waals surface area contributed by atoms with Crippen LogP contribution in [-0.4, -0.2) is 12.2 Å². The van der Waals surface area contributed by atoms with Gasteiger partial charge in [-0.15, -0.1) is 11.3 Å². The van der Waals surface area contributed by atoms with E-state index in [1.54, 1.807) is 18.4 Å². The molecule has 0 spiro atoms. The van der Waals surface area contributed by atoms with Gasteiger partial charge in [0.25, 0.3) is 0 Å². The topological polar surface area (TPSA) is 29.5 Å². The largest absolute Gasteiger partial charge is 0.496 e. The van der Waals surface area contributed by atoms with Gasteiger partial charge in [-0.2, -0.15) is 0 Å².